The van der Waals surface area contributed by atoms with Gasteiger partial charge in [0.2, 0.25) is 5.91 Å². The van der Waals surface area contributed by atoms with Gasteiger partial charge in [-0.3, -0.25) is 9.59 Å². The lowest BCUT2D eigenvalue weighted by atomic mass is 10.0. The van der Waals surface area contributed by atoms with Gasteiger partial charge in [0.05, 0.1) is 5.92 Å². The van der Waals surface area contributed by atoms with Crippen molar-refractivity contribution >= 4 is 11.9 Å². The van der Waals surface area contributed by atoms with Gasteiger partial charge in [-0.2, -0.15) is 0 Å². The Morgan fingerprint density at radius 3 is 2.04 bits per heavy atom. The summed E-state index contributed by atoms with van der Waals surface area (Å²) in [6.07, 6.45) is 13.4. The number of hydrogen-bond donors (Lipinski definition) is 1. The number of carbonyl (C=O) groups excluding carboxylic acids is 1. The van der Waals surface area contributed by atoms with Crippen molar-refractivity contribution in [2.24, 2.45) is 5.92 Å². The first kappa shape index (κ1) is 21.7. The third-order valence-electron chi connectivity index (χ3n) is 4.17. The Hall–Kier alpha value is -1.32. The summed E-state index contributed by atoms with van der Waals surface area (Å²) in [6, 6.07) is 0. The molecule has 4 nitrogen and oxygen atoms in total. The van der Waals surface area contributed by atoms with Crippen molar-refractivity contribution in [3.05, 3.63) is 12.2 Å². The Morgan fingerprint density at radius 1 is 0.957 bits per heavy atom. The van der Waals surface area contributed by atoms with E-state index in [1.54, 1.807) is 11.0 Å². The van der Waals surface area contributed by atoms with Crippen molar-refractivity contribution < 1.29 is 14.7 Å². The van der Waals surface area contributed by atoms with Crippen LogP contribution < -0.4 is 0 Å². The van der Waals surface area contributed by atoms with E-state index in [2.05, 4.69) is 6.92 Å². The maximum atomic E-state index is 12.0. The van der Waals surface area contributed by atoms with Gasteiger partial charge in [-0.1, -0.05) is 57.6 Å². The second-order valence-corrected chi connectivity index (χ2v) is 6.05. The lowest BCUT2D eigenvalue weighted by Crippen LogP contribution is -2.33. The summed E-state index contributed by atoms with van der Waals surface area (Å²) in [5.74, 6) is -1.70. The molecule has 1 unspecified atom stereocenters. The van der Waals surface area contributed by atoms with Crippen LogP contribution in [0.15, 0.2) is 12.2 Å². The number of aliphatic carboxylic acids is 1. The van der Waals surface area contributed by atoms with Crippen molar-refractivity contribution in [3.8, 4) is 0 Å². The van der Waals surface area contributed by atoms with Gasteiger partial charge in [0, 0.05) is 19.5 Å². The molecule has 0 bridgehead atoms. The summed E-state index contributed by atoms with van der Waals surface area (Å²) >= 11 is 0. The molecule has 0 saturated heterocycles. The zero-order valence-electron chi connectivity index (χ0n) is 15.2. The largest absolute Gasteiger partial charge is 0.481 e. The molecule has 0 radical (unpaired) electrons. The van der Waals surface area contributed by atoms with Gasteiger partial charge in [0.1, 0.15) is 0 Å². The number of hydrogen-bond acceptors (Lipinski definition) is 2. The number of carbonyl (C=O) groups is 2. The van der Waals surface area contributed by atoms with Crippen molar-refractivity contribution in [1.29, 1.82) is 0 Å². The number of allylic oxidation sites excluding steroid dienone is 1. The van der Waals surface area contributed by atoms with Gasteiger partial charge in [-0.15, -0.1) is 0 Å². The number of unbranched alkanes of at least 4 members (excludes halogenated alkanes) is 7. The Balaban J connectivity index is 4.03. The Labute approximate surface area is 141 Å². The fourth-order valence-electron chi connectivity index (χ4n) is 2.61. The van der Waals surface area contributed by atoms with Crippen LogP contribution in [0.3, 0.4) is 0 Å². The maximum Gasteiger partial charge on any atom is 0.310 e. The summed E-state index contributed by atoms with van der Waals surface area (Å²) in [6.45, 7) is 7.29. The number of amides is 1. The van der Waals surface area contributed by atoms with E-state index in [0.29, 0.717) is 13.1 Å². The molecule has 0 aliphatic rings. The van der Waals surface area contributed by atoms with Gasteiger partial charge < -0.3 is 10.0 Å². The summed E-state index contributed by atoms with van der Waals surface area (Å²) < 4.78 is 0. The minimum Gasteiger partial charge on any atom is -0.481 e. The molecule has 1 atom stereocenters. The molecule has 0 saturated carbocycles. The van der Waals surface area contributed by atoms with E-state index < -0.39 is 11.9 Å². The second-order valence-electron chi connectivity index (χ2n) is 6.05. The van der Waals surface area contributed by atoms with Crippen LogP contribution in [-0.4, -0.2) is 35.0 Å². The molecule has 0 aromatic heterocycles. The van der Waals surface area contributed by atoms with Gasteiger partial charge in [-0.05, 0) is 26.7 Å². The van der Waals surface area contributed by atoms with E-state index >= 15 is 0 Å². The molecule has 4 heteroatoms. The number of nitrogens with zero attached hydrogens (tertiary/aromatic N) is 1. The first-order chi connectivity index (χ1) is 11.1. The lowest BCUT2D eigenvalue weighted by Gasteiger charge is -2.19. The normalized spacial score (nSPS) is 12.5. The molecular formula is C19H35NO3. The maximum absolute atomic E-state index is 12.0. The molecule has 1 amide bonds. The molecule has 0 aromatic carbocycles. The minimum atomic E-state index is -0.915. The topological polar surface area (TPSA) is 57.6 Å². The summed E-state index contributed by atoms with van der Waals surface area (Å²) in [5.41, 5.74) is 0. The molecule has 0 aromatic rings. The fourth-order valence-corrected chi connectivity index (χ4v) is 2.61. The van der Waals surface area contributed by atoms with E-state index in [9.17, 15) is 14.7 Å². The van der Waals surface area contributed by atoms with E-state index in [1.807, 2.05) is 19.9 Å². The van der Waals surface area contributed by atoms with Crippen LogP contribution in [0.2, 0.25) is 0 Å². The third kappa shape index (κ3) is 10.9. The molecular weight excluding hydrogens is 290 g/mol. The molecule has 0 heterocycles. The minimum absolute atomic E-state index is 0.0601. The Kier molecular flexibility index (Phi) is 13.5. The average Bonchev–Trinajstić information content (AvgIpc) is 2.53. The van der Waals surface area contributed by atoms with Gasteiger partial charge in [0.15, 0.2) is 0 Å². The third-order valence-corrected chi connectivity index (χ3v) is 4.17. The molecule has 0 rings (SSSR count). The van der Waals surface area contributed by atoms with E-state index in [1.165, 1.54) is 38.5 Å². The number of carboxylic acid groups (broad SMARTS) is 1. The first-order valence-electron chi connectivity index (χ1n) is 9.23. The fraction of sp³-hybridized carbons (Fsp3) is 0.789. The number of carboxylic acids is 1. The van der Waals surface area contributed by atoms with E-state index in [4.69, 9.17) is 0 Å². The van der Waals surface area contributed by atoms with Crippen LogP contribution in [0.5, 0.6) is 0 Å². The standard InChI is InChI=1S/C19H35NO3/c1-4-7-8-9-10-11-12-13-14-15-17(19(22)23)16-18(21)20(5-2)6-3/h14-15,17H,4-13,16H2,1-3H3,(H,22,23)/b15-14+. The lowest BCUT2D eigenvalue weighted by molar-refractivity contribution is -0.144. The highest BCUT2D eigenvalue weighted by Crippen LogP contribution is 2.12. The van der Waals surface area contributed by atoms with Crippen LogP contribution >= 0.6 is 0 Å². The van der Waals surface area contributed by atoms with Crippen LogP contribution in [0.25, 0.3) is 0 Å². The summed E-state index contributed by atoms with van der Waals surface area (Å²) in [4.78, 5) is 25.0. The van der Waals surface area contributed by atoms with Gasteiger partial charge in [0.25, 0.3) is 0 Å². The first-order valence-corrected chi connectivity index (χ1v) is 9.23. The molecule has 0 aliphatic heterocycles. The smallest absolute Gasteiger partial charge is 0.310 e. The molecule has 23 heavy (non-hydrogen) atoms. The van der Waals surface area contributed by atoms with Crippen LogP contribution in [0.1, 0.15) is 78.6 Å². The average molecular weight is 325 g/mol. The van der Waals surface area contributed by atoms with Crippen LogP contribution in [0.4, 0.5) is 0 Å². The zero-order chi connectivity index (χ0) is 17.5. The Bertz CT molecular complexity index is 349. The Morgan fingerprint density at radius 2 is 1.52 bits per heavy atom. The highest BCUT2D eigenvalue weighted by atomic mass is 16.4. The van der Waals surface area contributed by atoms with E-state index in [0.717, 1.165) is 12.8 Å². The number of rotatable bonds is 14. The van der Waals surface area contributed by atoms with Crippen molar-refractivity contribution in [1.82, 2.24) is 4.90 Å². The van der Waals surface area contributed by atoms with Crippen molar-refractivity contribution in [2.45, 2.75) is 78.6 Å². The monoisotopic (exact) mass is 325 g/mol. The predicted molar refractivity (Wildman–Crippen MR) is 95.4 cm³/mol. The SMILES string of the molecule is CCCCCCCCC/C=C/C(CC(=O)N(CC)CC)C(=O)O. The van der Waals surface area contributed by atoms with Gasteiger partial charge >= 0.3 is 5.97 Å². The molecule has 0 spiro atoms. The van der Waals surface area contributed by atoms with E-state index in [-0.39, 0.29) is 12.3 Å². The van der Waals surface area contributed by atoms with Crippen molar-refractivity contribution in [3.63, 3.8) is 0 Å². The zero-order valence-corrected chi connectivity index (χ0v) is 15.2. The predicted octanol–water partition coefficient (Wildman–Crippen LogP) is 4.64. The molecule has 134 valence electrons. The van der Waals surface area contributed by atoms with Crippen LogP contribution in [0, 0.1) is 5.92 Å². The van der Waals surface area contributed by atoms with Crippen molar-refractivity contribution in [2.75, 3.05) is 13.1 Å². The quantitative estimate of drug-likeness (QED) is 0.374. The van der Waals surface area contributed by atoms with Crippen LogP contribution in [-0.2, 0) is 9.59 Å². The second kappa shape index (κ2) is 14.3. The highest BCUT2D eigenvalue weighted by molar-refractivity contribution is 5.83. The summed E-state index contributed by atoms with van der Waals surface area (Å²) in [7, 11) is 0. The van der Waals surface area contributed by atoms with Gasteiger partial charge in [-0.25, -0.2) is 0 Å². The summed E-state index contributed by atoms with van der Waals surface area (Å²) in [5, 5.41) is 9.25. The molecule has 0 aliphatic carbocycles. The molecule has 1 N–H and O–H groups in total. The molecule has 0 fully saturated rings. The highest BCUT2D eigenvalue weighted by Gasteiger charge is 2.20.